The van der Waals surface area contributed by atoms with Crippen molar-refractivity contribution in [3.63, 3.8) is 0 Å². The molecule has 0 amide bonds. The highest BCUT2D eigenvalue weighted by atomic mass is 18.2. The van der Waals surface area contributed by atoms with Crippen molar-refractivity contribution in [2.75, 3.05) is 7.11 Å². The van der Waals surface area contributed by atoms with Gasteiger partial charge in [-0.15, -0.1) is 0 Å². The number of carbonyl (C=O) groups is 1. The molecule has 0 bridgehead atoms. The summed E-state index contributed by atoms with van der Waals surface area (Å²) in [6, 6.07) is 3.76. The number of ether oxygens (including phenoxy) is 1. The summed E-state index contributed by atoms with van der Waals surface area (Å²) >= 11 is 0. The van der Waals surface area contributed by atoms with Crippen molar-refractivity contribution in [3.8, 4) is 5.75 Å². The Morgan fingerprint density at radius 3 is 2.82 bits per heavy atom. The molecule has 0 aliphatic heterocycles. The first kappa shape index (κ1) is 7.72. The zero-order valence-corrected chi connectivity index (χ0v) is 6.00. The van der Waals surface area contributed by atoms with Gasteiger partial charge in [-0.05, 0) is 12.1 Å². The maximum atomic E-state index is 12.5. The second-order valence-electron chi connectivity index (χ2n) is 2.00. The summed E-state index contributed by atoms with van der Waals surface area (Å²) in [6.45, 7) is 0. The third-order valence-electron chi connectivity index (χ3n) is 1.32. The Bertz CT molecular complexity index is 271. The molecule has 0 radical (unpaired) electrons. The molecule has 1 aromatic carbocycles. The van der Waals surface area contributed by atoms with E-state index in [0.29, 0.717) is 11.8 Å². The molecule has 0 heterocycles. The fourth-order valence-corrected chi connectivity index (χ4v) is 0.782. The molecule has 0 aliphatic rings. The van der Waals surface area contributed by atoms with Gasteiger partial charge in [0.05, 0.1) is 12.7 Å². The summed E-state index contributed by atoms with van der Waals surface area (Å²) in [5.41, 5.74) is 0.355. The molecular formula is C8H7FO2. The van der Waals surface area contributed by atoms with Gasteiger partial charge in [0.2, 0.25) is 0 Å². The minimum Gasteiger partial charge on any atom is -0.496 e. The molecular weight excluding hydrogens is 146 g/mol. The lowest BCUT2D eigenvalue weighted by molar-refractivity contribution is 0.112. The first-order chi connectivity index (χ1) is 5.27. The minimum atomic E-state index is -0.410. The van der Waals surface area contributed by atoms with Gasteiger partial charge in [-0.2, -0.15) is 0 Å². The molecule has 58 valence electrons. The number of carbonyl (C=O) groups excluding carboxylic acids is 1. The highest BCUT2D eigenvalue weighted by Crippen LogP contribution is 2.16. The van der Waals surface area contributed by atoms with Crippen LogP contribution in [0.3, 0.4) is 0 Å². The van der Waals surface area contributed by atoms with Crippen molar-refractivity contribution >= 4 is 6.29 Å². The Morgan fingerprint density at radius 1 is 1.55 bits per heavy atom. The number of hydrogen-bond donors (Lipinski definition) is 0. The Balaban J connectivity index is 3.16. The van der Waals surface area contributed by atoms with Gasteiger partial charge in [0.1, 0.15) is 11.6 Å². The predicted octanol–water partition coefficient (Wildman–Crippen LogP) is 1.65. The summed E-state index contributed by atoms with van der Waals surface area (Å²) in [5.74, 6) is -0.146. The smallest absolute Gasteiger partial charge is 0.153 e. The fraction of sp³-hybridized carbons (Fsp3) is 0.125. The summed E-state index contributed by atoms with van der Waals surface area (Å²) in [5, 5.41) is 0. The van der Waals surface area contributed by atoms with Gasteiger partial charge in [-0.1, -0.05) is 0 Å². The third kappa shape index (κ3) is 1.55. The van der Waals surface area contributed by atoms with E-state index >= 15 is 0 Å². The van der Waals surface area contributed by atoms with E-state index in [1.54, 1.807) is 0 Å². The molecule has 0 aromatic heterocycles. The number of hydrogen-bond acceptors (Lipinski definition) is 2. The molecule has 3 heteroatoms. The van der Waals surface area contributed by atoms with E-state index < -0.39 is 5.82 Å². The lowest BCUT2D eigenvalue weighted by Crippen LogP contribution is -1.90. The van der Waals surface area contributed by atoms with Crippen molar-refractivity contribution in [2.24, 2.45) is 0 Å². The van der Waals surface area contributed by atoms with E-state index in [1.165, 1.54) is 25.3 Å². The van der Waals surface area contributed by atoms with Crippen LogP contribution in [0.1, 0.15) is 10.4 Å². The number of methoxy groups -OCH3 is 1. The summed E-state index contributed by atoms with van der Waals surface area (Å²) in [7, 11) is 1.39. The monoisotopic (exact) mass is 153 g/mol. The van der Waals surface area contributed by atoms with Crippen molar-refractivity contribution in [1.82, 2.24) is 0 Å². The van der Waals surface area contributed by atoms with E-state index in [4.69, 9.17) is 4.74 Å². The standard InChI is InChI=1S/C8H7FO2/c1-11-8-4-7(9)3-2-6(8)5-10/h2-5H,1H3/i9-1. The molecule has 0 aliphatic carbocycles. The van der Waals surface area contributed by atoms with E-state index in [0.717, 1.165) is 0 Å². The van der Waals surface area contributed by atoms with Gasteiger partial charge >= 0.3 is 0 Å². The van der Waals surface area contributed by atoms with Crippen molar-refractivity contribution in [1.29, 1.82) is 0 Å². The molecule has 0 saturated heterocycles. The van der Waals surface area contributed by atoms with Crippen LogP contribution in [0.15, 0.2) is 18.2 Å². The molecule has 0 fully saturated rings. The summed E-state index contributed by atoms with van der Waals surface area (Å²) < 4.78 is 17.2. The van der Waals surface area contributed by atoms with E-state index in [9.17, 15) is 9.18 Å². The first-order valence-electron chi connectivity index (χ1n) is 3.06. The van der Waals surface area contributed by atoms with E-state index in [1.807, 2.05) is 0 Å². The zero-order chi connectivity index (χ0) is 8.27. The molecule has 0 spiro atoms. The molecule has 0 N–H and O–H groups in total. The van der Waals surface area contributed by atoms with Crippen LogP contribution in [0.5, 0.6) is 5.75 Å². The molecule has 1 rings (SSSR count). The Hall–Kier alpha value is -1.38. The van der Waals surface area contributed by atoms with Crippen LogP contribution in [0.25, 0.3) is 0 Å². The molecule has 2 nitrogen and oxygen atoms in total. The van der Waals surface area contributed by atoms with Crippen LogP contribution in [-0.2, 0) is 0 Å². The second-order valence-corrected chi connectivity index (χ2v) is 2.00. The van der Waals surface area contributed by atoms with Crippen LogP contribution >= 0.6 is 0 Å². The van der Waals surface area contributed by atoms with Gasteiger partial charge in [-0.25, -0.2) is 4.39 Å². The average Bonchev–Trinajstić information content (AvgIpc) is 2.04. The Kier molecular flexibility index (Phi) is 2.21. The molecule has 0 atom stereocenters. The summed E-state index contributed by atoms with van der Waals surface area (Å²) in [4.78, 5) is 10.3. The van der Waals surface area contributed by atoms with Gasteiger partial charge in [0.25, 0.3) is 0 Å². The number of halogens is 1. The summed E-state index contributed by atoms with van der Waals surface area (Å²) in [6.07, 6.45) is 0.623. The van der Waals surface area contributed by atoms with Crippen LogP contribution < -0.4 is 4.74 Å². The van der Waals surface area contributed by atoms with Gasteiger partial charge < -0.3 is 4.74 Å². The molecule has 0 unspecified atom stereocenters. The topological polar surface area (TPSA) is 26.3 Å². The van der Waals surface area contributed by atoms with Crippen LogP contribution in [0.4, 0.5) is 4.39 Å². The highest BCUT2D eigenvalue weighted by molar-refractivity contribution is 5.79. The quantitative estimate of drug-likeness (QED) is 0.604. The van der Waals surface area contributed by atoms with Crippen molar-refractivity contribution in [2.45, 2.75) is 0 Å². The normalized spacial score (nSPS) is 9.27. The maximum absolute atomic E-state index is 12.5. The maximum Gasteiger partial charge on any atom is 0.153 e. The zero-order valence-electron chi connectivity index (χ0n) is 6.00. The SMILES string of the molecule is COc1cc([18F])ccc1C=O. The van der Waals surface area contributed by atoms with Gasteiger partial charge in [0.15, 0.2) is 6.29 Å². The number of rotatable bonds is 2. The minimum absolute atomic E-state index is 0.264. The number of benzene rings is 1. The van der Waals surface area contributed by atoms with Crippen LogP contribution in [0.2, 0.25) is 0 Å². The predicted molar refractivity (Wildman–Crippen MR) is 38.3 cm³/mol. The fourth-order valence-electron chi connectivity index (χ4n) is 0.782. The van der Waals surface area contributed by atoms with Gasteiger partial charge in [0, 0.05) is 6.07 Å². The first-order valence-corrected chi connectivity index (χ1v) is 3.06. The largest absolute Gasteiger partial charge is 0.496 e. The lowest BCUT2D eigenvalue weighted by Gasteiger charge is -2.01. The average molecular weight is 153 g/mol. The lowest BCUT2D eigenvalue weighted by atomic mass is 10.2. The third-order valence-corrected chi connectivity index (χ3v) is 1.32. The van der Waals surface area contributed by atoms with E-state index in [2.05, 4.69) is 0 Å². The molecule has 11 heavy (non-hydrogen) atoms. The highest BCUT2D eigenvalue weighted by Gasteiger charge is 2.01. The van der Waals surface area contributed by atoms with Crippen molar-refractivity contribution in [3.05, 3.63) is 29.6 Å². The molecule has 1 aromatic rings. The van der Waals surface area contributed by atoms with Crippen LogP contribution in [0, 0.1) is 5.82 Å². The van der Waals surface area contributed by atoms with Crippen LogP contribution in [-0.4, -0.2) is 13.4 Å². The van der Waals surface area contributed by atoms with E-state index in [-0.39, 0.29) is 5.75 Å². The molecule has 0 saturated carbocycles. The van der Waals surface area contributed by atoms with Gasteiger partial charge in [-0.3, -0.25) is 4.79 Å². The number of aldehydes is 1. The van der Waals surface area contributed by atoms with Crippen molar-refractivity contribution < 1.29 is 13.9 Å². The second kappa shape index (κ2) is 3.14. The Labute approximate surface area is 63.6 Å². The Morgan fingerprint density at radius 2 is 2.27 bits per heavy atom.